The van der Waals surface area contributed by atoms with Gasteiger partial charge in [0, 0.05) is 16.8 Å². The van der Waals surface area contributed by atoms with Crippen LogP contribution in [0.5, 0.6) is 0 Å². The van der Waals surface area contributed by atoms with E-state index in [1.165, 1.54) is 0 Å². The zero-order valence-corrected chi connectivity index (χ0v) is 23.9. The topological polar surface area (TPSA) is 130 Å². The molecule has 8 nitrogen and oxygen atoms in total. The Hall–Kier alpha value is -4.66. The summed E-state index contributed by atoms with van der Waals surface area (Å²) >= 11 is 12.2. The maximum absolute atomic E-state index is 12.2. The molecule has 4 aromatic rings. The Labute approximate surface area is 252 Å². The van der Waals surface area contributed by atoms with Gasteiger partial charge in [-0.15, -0.1) is 0 Å². The van der Waals surface area contributed by atoms with Crippen LogP contribution in [0.1, 0.15) is 39.9 Å². The Morgan fingerprint density at radius 2 is 1.38 bits per heavy atom. The lowest BCUT2D eigenvalue weighted by atomic mass is 9.96. The van der Waals surface area contributed by atoms with Gasteiger partial charge in [0.25, 0.3) is 0 Å². The van der Waals surface area contributed by atoms with E-state index >= 15 is 0 Å². The van der Waals surface area contributed by atoms with Gasteiger partial charge in [0.15, 0.2) is 12.4 Å². The predicted octanol–water partition coefficient (Wildman–Crippen LogP) is 7.01. The zero-order chi connectivity index (χ0) is 30.6. The first-order chi connectivity index (χ1) is 20.1. The van der Waals surface area contributed by atoms with Gasteiger partial charge in [0.1, 0.15) is 0 Å². The molecule has 0 aliphatic rings. The van der Waals surface area contributed by atoms with E-state index in [9.17, 15) is 19.2 Å². The number of aliphatic carboxylic acids is 2. The predicted molar refractivity (Wildman–Crippen MR) is 161 cm³/mol. The second-order valence-electron chi connectivity index (χ2n) is 8.99. The van der Waals surface area contributed by atoms with Crippen LogP contribution in [-0.2, 0) is 25.5 Å². The molecule has 1 unspecified atom stereocenters. The molecule has 1 atom stereocenters. The molecule has 0 heterocycles. The molecule has 3 N–H and O–H groups in total. The van der Waals surface area contributed by atoms with Gasteiger partial charge >= 0.3 is 17.9 Å². The smallest absolute Gasteiger partial charge is 0.341 e. The van der Waals surface area contributed by atoms with Crippen LogP contribution in [0.2, 0.25) is 10.0 Å². The molecule has 0 fully saturated rings. The van der Waals surface area contributed by atoms with Crippen LogP contribution in [-0.4, -0.2) is 40.5 Å². The van der Waals surface area contributed by atoms with Gasteiger partial charge in [-0.05, 0) is 42.3 Å². The highest BCUT2D eigenvalue weighted by Crippen LogP contribution is 2.33. The first kappa shape index (κ1) is 31.9. The number of ketones is 1. The van der Waals surface area contributed by atoms with Crippen molar-refractivity contribution in [3.63, 3.8) is 0 Å². The molecular formula is C32H27Cl2NO7. The molecule has 0 aliphatic carbocycles. The first-order valence-electron chi connectivity index (χ1n) is 12.7. The number of esters is 1. The van der Waals surface area contributed by atoms with E-state index in [-0.39, 0.29) is 12.2 Å². The summed E-state index contributed by atoms with van der Waals surface area (Å²) in [4.78, 5) is 45.3. The Morgan fingerprint density at radius 1 is 0.786 bits per heavy atom. The van der Waals surface area contributed by atoms with Gasteiger partial charge in [-0.2, -0.15) is 0 Å². The molecule has 0 spiro atoms. The van der Waals surface area contributed by atoms with Crippen molar-refractivity contribution in [3.8, 4) is 0 Å². The highest BCUT2D eigenvalue weighted by molar-refractivity contribution is 6.39. The third-order valence-electron chi connectivity index (χ3n) is 5.99. The van der Waals surface area contributed by atoms with Crippen molar-refractivity contribution in [1.29, 1.82) is 0 Å². The Bertz CT molecular complexity index is 1550. The molecule has 0 aliphatic heterocycles. The maximum Gasteiger partial charge on any atom is 0.341 e. The molecule has 42 heavy (non-hydrogen) atoms. The third-order valence-corrected chi connectivity index (χ3v) is 6.62. The number of halogens is 2. The number of hydrogen-bond acceptors (Lipinski definition) is 6. The van der Waals surface area contributed by atoms with E-state index in [2.05, 4.69) is 10.1 Å². The van der Waals surface area contributed by atoms with Gasteiger partial charge in [0.2, 0.25) is 0 Å². The van der Waals surface area contributed by atoms with Gasteiger partial charge < -0.3 is 20.3 Å². The van der Waals surface area contributed by atoms with Crippen molar-refractivity contribution in [1.82, 2.24) is 0 Å². The summed E-state index contributed by atoms with van der Waals surface area (Å²) in [5.74, 6) is -3.45. The molecular weight excluding hydrogens is 581 g/mol. The van der Waals surface area contributed by atoms with Crippen LogP contribution in [0, 0.1) is 0 Å². The molecule has 4 aromatic carbocycles. The second kappa shape index (κ2) is 15.4. The number of rotatable bonds is 10. The zero-order valence-electron chi connectivity index (χ0n) is 22.4. The van der Waals surface area contributed by atoms with Crippen LogP contribution < -0.4 is 5.32 Å². The normalized spacial score (nSPS) is 10.9. The van der Waals surface area contributed by atoms with Crippen LogP contribution in [0.25, 0.3) is 0 Å². The van der Waals surface area contributed by atoms with Crippen molar-refractivity contribution in [2.75, 3.05) is 11.9 Å². The van der Waals surface area contributed by atoms with E-state index in [0.717, 1.165) is 0 Å². The lowest BCUT2D eigenvalue weighted by molar-refractivity contribution is -0.154. The van der Waals surface area contributed by atoms with Crippen LogP contribution in [0.4, 0.5) is 11.4 Å². The maximum atomic E-state index is 12.2. The van der Waals surface area contributed by atoms with Gasteiger partial charge in [-0.25, -0.2) is 4.79 Å². The molecule has 0 amide bonds. The van der Waals surface area contributed by atoms with Crippen LogP contribution in [0.3, 0.4) is 0 Å². The number of carboxylic acid groups (broad SMARTS) is 2. The number of carbonyl (C=O) groups excluding carboxylic acids is 2. The summed E-state index contributed by atoms with van der Waals surface area (Å²) in [6.45, 7) is 0.944. The summed E-state index contributed by atoms with van der Waals surface area (Å²) in [5.41, 5.74) is 3.55. The SMILES string of the molecule is CC(C(=O)O)c1cccc(C(=O)c2ccccc2)c1.O=C(O)COC(=O)Cc1ccccc1Nc1c(Cl)cccc1Cl. The van der Waals surface area contributed by atoms with E-state index < -0.39 is 30.4 Å². The number of anilines is 2. The Balaban J connectivity index is 0.000000235. The van der Waals surface area contributed by atoms with E-state index in [1.807, 2.05) is 6.07 Å². The summed E-state index contributed by atoms with van der Waals surface area (Å²) in [5, 5.41) is 21.5. The number of carbonyl (C=O) groups is 4. The van der Waals surface area contributed by atoms with E-state index in [0.29, 0.717) is 43.7 Å². The number of benzene rings is 4. The van der Waals surface area contributed by atoms with Crippen molar-refractivity contribution in [3.05, 3.63) is 129 Å². The van der Waals surface area contributed by atoms with Crippen LogP contribution in [0.15, 0.2) is 97.1 Å². The number of para-hydroxylation sites is 2. The van der Waals surface area contributed by atoms with Crippen molar-refractivity contribution < 1.29 is 34.1 Å². The number of hydrogen-bond donors (Lipinski definition) is 3. The summed E-state index contributed by atoms with van der Waals surface area (Å²) in [6, 6.07) is 27.9. The minimum Gasteiger partial charge on any atom is -0.481 e. The van der Waals surface area contributed by atoms with Crippen molar-refractivity contribution in [2.45, 2.75) is 19.3 Å². The van der Waals surface area contributed by atoms with Crippen molar-refractivity contribution >= 4 is 58.3 Å². The lowest BCUT2D eigenvalue weighted by Gasteiger charge is -2.14. The third kappa shape index (κ3) is 9.19. The molecule has 0 saturated heterocycles. The van der Waals surface area contributed by atoms with E-state index in [1.54, 1.807) is 97.9 Å². The fraction of sp³-hybridized carbons (Fsp3) is 0.125. The highest BCUT2D eigenvalue weighted by Gasteiger charge is 2.16. The summed E-state index contributed by atoms with van der Waals surface area (Å²) in [6.07, 6.45) is -0.0709. The van der Waals surface area contributed by atoms with E-state index in [4.69, 9.17) is 33.4 Å². The molecule has 0 radical (unpaired) electrons. The standard InChI is InChI=1S/C16H13Cl2NO4.C16H14O3/c17-11-5-3-6-12(18)16(11)19-13-7-2-1-4-10(13)8-15(22)23-9-14(20)21;1-11(16(18)19)13-8-5-9-14(10-13)15(17)12-6-3-2-4-7-12/h1-7,19H,8-9H2,(H,20,21);2-11H,1H3,(H,18,19). The average Bonchev–Trinajstić information content (AvgIpc) is 2.99. The monoisotopic (exact) mass is 607 g/mol. The first-order valence-corrected chi connectivity index (χ1v) is 13.4. The molecule has 0 saturated carbocycles. The van der Waals surface area contributed by atoms with Gasteiger partial charge in [-0.1, -0.05) is 96.0 Å². The van der Waals surface area contributed by atoms with Crippen LogP contribution >= 0.6 is 23.2 Å². The number of ether oxygens (including phenoxy) is 1. The number of nitrogens with one attached hydrogen (secondary N) is 1. The number of carboxylic acids is 2. The molecule has 216 valence electrons. The summed E-state index contributed by atoms with van der Waals surface area (Å²) < 4.78 is 4.64. The lowest BCUT2D eigenvalue weighted by Crippen LogP contribution is -2.15. The minimum absolute atomic E-state index is 0.0709. The largest absolute Gasteiger partial charge is 0.481 e. The molecule has 0 aromatic heterocycles. The Kier molecular flexibility index (Phi) is 11.7. The van der Waals surface area contributed by atoms with Crippen molar-refractivity contribution in [2.24, 2.45) is 0 Å². The average molecular weight is 608 g/mol. The Morgan fingerprint density at radius 3 is 2.02 bits per heavy atom. The van der Waals surface area contributed by atoms with Gasteiger partial charge in [0.05, 0.1) is 28.1 Å². The summed E-state index contributed by atoms with van der Waals surface area (Å²) in [7, 11) is 0. The molecule has 4 rings (SSSR count). The quantitative estimate of drug-likeness (QED) is 0.130. The molecule has 10 heteroatoms. The highest BCUT2D eigenvalue weighted by atomic mass is 35.5. The second-order valence-corrected chi connectivity index (χ2v) is 9.80. The fourth-order valence-electron chi connectivity index (χ4n) is 3.75. The van der Waals surface area contributed by atoms with Gasteiger partial charge in [-0.3, -0.25) is 14.4 Å². The fourth-order valence-corrected chi connectivity index (χ4v) is 4.24. The molecule has 0 bridgehead atoms. The minimum atomic E-state index is -1.20.